The smallest absolute Gasteiger partial charge is 0.288 e. The van der Waals surface area contributed by atoms with Gasteiger partial charge in [0.25, 0.3) is 5.91 Å². The molecule has 2 aromatic rings. The minimum Gasteiger partial charge on any atom is -0.450 e. The summed E-state index contributed by atoms with van der Waals surface area (Å²) in [4.78, 5) is 11.8. The van der Waals surface area contributed by atoms with Gasteiger partial charge in [-0.25, -0.2) is 0 Å². The molecular formula is C13H11BrN2O2. The third kappa shape index (κ3) is 2.39. The number of hydrogen-bond acceptors (Lipinski definition) is 3. The Bertz CT molecular complexity index is 655. The number of nitrogens with zero attached hydrogens (tertiary/aromatic N) is 1. The first-order valence-electron chi connectivity index (χ1n) is 5.41. The van der Waals surface area contributed by atoms with Crippen molar-refractivity contribution >= 4 is 32.8 Å². The summed E-state index contributed by atoms with van der Waals surface area (Å²) in [5, 5.41) is 12.0. The molecule has 0 aliphatic carbocycles. The van der Waals surface area contributed by atoms with Gasteiger partial charge < -0.3 is 9.73 Å². The van der Waals surface area contributed by atoms with E-state index in [1.807, 2.05) is 25.1 Å². The van der Waals surface area contributed by atoms with Gasteiger partial charge in [0.15, 0.2) is 5.76 Å². The molecule has 2 rings (SSSR count). The first-order chi connectivity index (χ1) is 8.51. The first-order valence-corrected chi connectivity index (χ1v) is 6.20. The number of halogens is 1. The highest BCUT2D eigenvalue weighted by atomic mass is 79.9. The molecular weight excluding hydrogens is 296 g/mol. The van der Waals surface area contributed by atoms with Crippen molar-refractivity contribution in [3.63, 3.8) is 0 Å². The molecule has 92 valence electrons. The highest BCUT2D eigenvalue weighted by Crippen LogP contribution is 2.28. The molecule has 18 heavy (non-hydrogen) atoms. The van der Waals surface area contributed by atoms with E-state index < -0.39 is 6.04 Å². The fraction of sp³-hybridized carbons (Fsp3) is 0.231. The van der Waals surface area contributed by atoms with Crippen LogP contribution in [0.5, 0.6) is 0 Å². The standard InChI is InChI=1S/C13H11BrN2O2/c1-7-3-9-5-11(13(17)16-8(2)6-15)18-12(9)10(14)4-7/h3-5,8H,1-2H3,(H,16,17)/t8-/m1/s1. The first kappa shape index (κ1) is 12.7. The average Bonchev–Trinajstić information content (AvgIpc) is 2.72. The lowest BCUT2D eigenvalue weighted by Gasteiger charge is -2.02. The molecule has 1 heterocycles. The maximum Gasteiger partial charge on any atom is 0.288 e. The second kappa shape index (κ2) is 4.83. The molecule has 0 saturated carbocycles. The molecule has 0 radical (unpaired) electrons. The van der Waals surface area contributed by atoms with Gasteiger partial charge in [0, 0.05) is 5.39 Å². The molecule has 1 atom stereocenters. The van der Waals surface area contributed by atoms with Gasteiger partial charge in [-0.3, -0.25) is 4.79 Å². The summed E-state index contributed by atoms with van der Waals surface area (Å²) < 4.78 is 6.30. The summed E-state index contributed by atoms with van der Waals surface area (Å²) in [7, 11) is 0. The maximum absolute atomic E-state index is 11.8. The highest BCUT2D eigenvalue weighted by molar-refractivity contribution is 9.10. The summed E-state index contributed by atoms with van der Waals surface area (Å²) in [5.41, 5.74) is 1.71. The topological polar surface area (TPSA) is 66.0 Å². The number of furan rings is 1. The van der Waals surface area contributed by atoms with Gasteiger partial charge in [0.1, 0.15) is 11.6 Å². The van der Waals surface area contributed by atoms with Gasteiger partial charge in [0.05, 0.1) is 10.5 Å². The molecule has 0 aliphatic rings. The number of rotatable bonds is 2. The third-order valence-corrected chi connectivity index (χ3v) is 3.07. The Kier molecular flexibility index (Phi) is 3.39. The number of aryl methyl sites for hydroxylation is 1. The minimum absolute atomic E-state index is 0.207. The molecule has 1 aromatic heterocycles. The van der Waals surface area contributed by atoms with E-state index in [1.165, 1.54) is 0 Å². The van der Waals surface area contributed by atoms with Crippen molar-refractivity contribution in [1.82, 2.24) is 5.32 Å². The molecule has 0 saturated heterocycles. The van der Waals surface area contributed by atoms with E-state index in [0.717, 1.165) is 15.4 Å². The van der Waals surface area contributed by atoms with Gasteiger partial charge in [0.2, 0.25) is 0 Å². The molecule has 0 bridgehead atoms. The van der Waals surface area contributed by atoms with Crippen molar-refractivity contribution < 1.29 is 9.21 Å². The Balaban J connectivity index is 2.39. The van der Waals surface area contributed by atoms with E-state index in [2.05, 4.69) is 21.2 Å². The Morgan fingerprint density at radius 2 is 2.22 bits per heavy atom. The number of carbonyl (C=O) groups excluding carboxylic acids is 1. The second-order valence-corrected chi connectivity index (χ2v) is 4.95. The van der Waals surface area contributed by atoms with Gasteiger partial charge in [-0.1, -0.05) is 0 Å². The summed E-state index contributed by atoms with van der Waals surface area (Å²) in [6.45, 7) is 3.58. The predicted molar refractivity (Wildman–Crippen MR) is 71.2 cm³/mol. The molecule has 0 fully saturated rings. The Hall–Kier alpha value is -1.80. The van der Waals surface area contributed by atoms with Crippen LogP contribution in [0.25, 0.3) is 11.0 Å². The van der Waals surface area contributed by atoms with Gasteiger partial charge >= 0.3 is 0 Å². The van der Waals surface area contributed by atoms with Crippen molar-refractivity contribution in [3.05, 3.63) is 34.0 Å². The van der Waals surface area contributed by atoms with Crippen LogP contribution in [0, 0.1) is 18.3 Å². The van der Waals surface area contributed by atoms with Crippen molar-refractivity contribution in [1.29, 1.82) is 5.26 Å². The summed E-state index contributed by atoms with van der Waals surface area (Å²) in [6, 6.07) is 6.93. The van der Waals surface area contributed by atoms with Crippen molar-refractivity contribution in [2.75, 3.05) is 0 Å². The maximum atomic E-state index is 11.8. The normalized spacial score (nSPS) is 12.1. The van der Waals surface area contributed by atoms with E-state index in [-0.39, 0.29) is 11.7 Å². The molecule has 4 nitrogen and oxygen atoms in total. The zero-order valence-corrected chi connectivity index (χ0v) is 11.5. The number of nitriles is 1. The van der Waals surface area contributed by atoms with E-state index in [4.69, 9.17) is 9.68 Å². The summed E-state index contributed by atoms with van der Waals surface area (Å²) in [5.74, 6) is -0.178. The van der Waals surface area contributed by atoms with Crippen LogP contribution >= 0.6 is 15.9 Å². The van der Waals surface area contributed by atoms with Crippen molar-refractivity contribution in [3.8, 4) is 6.07 Å². The monoisotopic (exact) mass is 306 g/mol. The highest BCUT2D eigenvalue weighted by Gasteiger charge is 2.15. The van der Waals surface area contributed by atoms with Crippen LogP contribution in [0.3, 0.4) is 0 Å². The predicted octanol–water partition coefficient (Wildman–Crippen LogP) is 3.15. The molecule has 1 N–H and O–H groups in total. The van der Waals surface area contributed by atoms with E-state index in [1.54, 1.807) is 13.0 Å². The number of hydrogen-bond donors (Lipinski definition) is 1. The van der Waals surface area contributed by atoms with E-state index >= 15 is 0 Å². The number of nitrogens with one attached hydrogen (secondary N) is 1. The zero-order chi connectivity index (χ0) is 13.3. The number of fused-ring (bicyclic) bond motifs is 1. The lowest BCUT2D eigenvalue weighted by atomic mass is 10.2. The number of carbonyl (C=O) groups is 1. The van der Waals surface area contributed by atoms with Crippen LogP contribution in [0.15, 0.2) is 27.1 Å². The SMILES string of the molecule is Cc1cc(Br)c2oc(C(=O)N[C@H](C)C#N)cc2c1. The average molecular weight is 307 g/mol. The van der Waals surface area contributed by atoms with E-state index in [9.17, 15) is 4.79 Å². The van der Waals surface area contributed by atoms with Crippen molar-refractivity contribution in [2.24, 2.45) is 0 Å². The third-order valence-electron chi connectivity index (χ3n) is 2.48. The Labute approximate surface area is 113 Å². The van der Waals surface area contributed by atoms with Crippen LogP contribution in [0.2, 0.25) is 0 Å². The minimum atomic E-state index is -0.545. The van der Waals surface area contributed by atoms with Crippen LogP contribution in [0.4, 0.5) is 0 Å². The Morgan fingerprint density at radius 1 is 1.50 bits per heavy atom. The Morgan fingerprint density at radius 3 is 2.89 bits per heavy atom. The van der Waals surface area contributed by atoms with Gasteiger partial charge in [-0.2, -0.15) is 5.26 Å². The van der Waals surface area contributed by atoms with Crippen LogP contribution in [0.1, 0.15) is 23.0 Å². The summed E-state index contributed by atoms with van der Waals surface area (Å²) >= 11 is 3.40. The van der Waals surface area contributed by atoms with Crippen LogP contribution in [-0.4, -0.2) is 11.9 Å². The van der Waals surface area contributed by atoms with Crippen molar-refractivity contribution in [2.45, 2.75) is 19.9 Å². The fourth-order valence-corrected chi connectivity index (χ4v) is 2.33. The molecule has 0 unspecified atom stereocenters. The van der Waals surface area contributed by atoms with Crippen LogP contribution in [-0.2, 0) is 0 Å². The summed E-state index contributed by atoms with van der Waals surface area (Å²) in [6.07, 6.45) is 0. The zero-order valence-electron chi connectivity index (χ0n) is 9.95. The van der Waals surface area contributed by atoms with Gasteiger partial charge in [-0.15, -0.1) is 0 Å². The largest absolute Gasteiger partial charge is 0.450 e. The van der Waals surface area contributed by atoms with E-state index in [0.29, 0.717) is 5.58 Å². The molecule has 1 amide bonds. The fourth-order valence-electron chi connectivity index (χ4n) is 1.66. The van der Waals surface area contributed by atoms with Crippen LogP contribution < -0.4 is 5.32 Å². The molecule has 1 aromatic carbocycles. The number of benzene rings is 1. The molecule has 5 heteroatoms. The lowest BCUT2D eigenvalue weighted by Crippen LogP contribution is -2.30. The van der Waals surface area contributed by atoms with Gasteiger partial charge in [-0.05, 0) is 53.5 Å². The quantitative estimate of drug-likeness (QED) is 0.927. The number of amides is 1. The molecule has 0 spiro atoms. The molecule has 0 aliphatic heterocycles. The second-order valence-electron chi connectivity index (χ2n) is 4.10. The lowest BCUT2D eigenvalue weighted by molar-refractivity contribution is 0.0922.